The van der Waals surface area contributed by atoms with Gasteiger partial charge in [0.05, 0.1) is 23.7 Å². The summed E-state index contributed by atoms with van der Waals surface area (Å²) in [4.78, 5) is 51.8. The molecule has 0 saturated carbocycles. The van der Waals surface area contributed by atoms with Crippen molar-refractivity contribution >= 4 is 83.5 Å². The van der Waals surface area contributed by atoms with Gasteiger partial charge in [-0.25, -0.2) is 0 Å². The molecular formula is C44H42B2Cl2N2O8S2. The second-order valence-electron chi connectivity index (χ2n) is 13.9. The topological polar surface area (TPSA) is 173 Å². The van der Waals surface area contributed by atoms with Crippen LogP contribution in [0.2, 0.25) is 10.0 Å². The summed E-state index contributed by atoms with van der Waals surface area (Å²) in [5, 5.41) is 52.9. The number of carbonyl (C=O) groups is 4. The van der Waals surface area contributed by atoms with E-state index >= 15 is 0 Å². The van der Waals surface area contributed by atoms with Crippen molar-refractivity contribution in [3.05, 3.63) is 186 Å². The molecule has 4 atom stereocenters. The zero-order valence-electron chi connectivity index (χ0n) is 32.1. The molecule has 6 aromatic rings. The van der Waals surface area contributed by atoms with Gasteiger partial charge in [-0.05, 0) is 93.0 Å². The molecule has 0 aliphatic heterocycles. The van der Waals surface area contributed by atoms with Gasteiger partial charge >= 0.3 is 14.2 Å². The van der Waals surface area contributed by atoms with E-state index < -0.39 is 49.8 Å². The molecule has 4 aromatic carbocycles. The lowest BCUT2D eigenvalue weighted by Gasteiger charge is -2.22. The first-order chi connectivity index (χ1) is 28.9. The summed E-state index contributed by atoms with van der Waals surface area (Å²) in [5.74, 6) is -4.74. The van der Waals surface area contributed by atoms with E-state index in [1.54, 1.807) is 97.1 Å². The van der Waals surface area contributed by atoms with Crippen molar-refractivity contribution < 1.29 is 39.3 Å². The lowest BCUT2D eigenvalue weighted by Crippen LogP contribution is -2.49. The molecule has 0 aliphatic carbocycles. The minimum atomic E-state index is -1.74. The van der Waals surface area contributed by atoms with Crippen LogP contribution >= 0.6 is 45.9 Å². The Morgan fingerprint density at radius 3 is 1.23 bits per heavy atom. The summed E-state index contributed by atoms with van der Waals surface area (Å²) in [7, 11) is -3.47. The number of thiophene rings is 2. The van der Waals surface area contributed by atoms with Crippen LogP contribution in [0.3, 0.4) is 0 Å². The summed E-state index contributed by atoms with van der Waals surface area (Å²) >= 11 is 15.2. The van der Waals surface area contributed by atoms with Gasteiger partial charge in [-0.15, -0.1) is 0 Å². The molecule has 2 amide bonds. The third-order valence-electron chi connectivity index (χ3n) is 9.55. The first kappa shape index (κ1) is 46.2. The number of ketones is 2. The van der Waals surface area contributed by atoms with Crippen LogP contribution < -0.4 is 10.6 Å². The van der Waals surface area contributed by atoms with Gasteiger partial charge in [0.2, 0.25) is 11.8 Å². The molecule has 0 spiro atoms. The van der Waals surface area contributed by atoms with Crippen LogP contribution in [0.15, 0.2) is 143 Å². The third-order valence-corrected chi connectivity index (χ3v) is 11.5. The van der Waals surface area contributed by atoms with E-state index in [1.165, 1.54) is 22.7 Å². The van der Waals surface area contributed by atoms with Crippen molar-refractivity contribution in [3.63, 3.8) is 0 Å². The van der Waals surface area contributed by atoms with E-state index in [2.05, 4.69) is 10.6 Å². The third kappa shape index (κ3) is 14.1. The lowest BCUT2D eigenvalue weighted by atomic mass is 9.75. The Balaban J connectivity index is 0.000000228. The summed E-state index contributed by atoms with van der Waals surface area (Å²) < 4.78 is 0. The Kier molecular flexibility index (Phi) is 17.9. The second-order valence-corrected chi connectivity index (χ2v) is 16.4. The number of rotatable bonds is 18. The Morgan fingerprint density at radius 2 is 0.917 bits per heavy atom. The standard InChI is InChI=1S/2C22H21BClNO4S/c2*24-18-8-4-7-17(12-18)19(13-20(26)16-5-2-1-3-6-16)22(27)25-21(23(28)29)11-15-9-10-30-14-15/h2*1-10,12,14,19,21,28-29H,11,13H2,(H,25,27)/t19-,21+;19-,21-/m10/s1. The van der Waals surface area contributed by atoms with Crippen LogP contribution in [-0.4, -0.2) is 69.6 Å². The molecule has 0 radical (unpaired) electrons. The summed E-state index contributed by atoms with van der Waals surface area (Å²) in [6, 6.07) is 34.8. The van der Waals surface area contributed by atoms with Gasteiger partial charge in [-0.3, -0.25) is 19.2 Å². The number of carbonyl (C=O) groups excluding carboxylic acids is 4. The van der Waals surface area contributed by atoms with Gasteiger partial charge in [-0.1, -0.05) is 108 Å². The van der Waals surface area contributed by atoms with E-state index in [1.807, 2.05) is 45.8 Å². The smallest absolute Gasteiger partial charge is 0.426 e. The van der Waals surface area contributed by atoms with Crippen LogP contribution in [0.1, 0.15) is 67.6 Å². The van der Waals surface area contributed by atoms with Crippen molar-refractivity contribution in [3.8, 4) is 0 Å². The molecule has 0 aliphatic rings. The van der Waals surface area contributed by atoms with E-state index in [9.17, 15) is 39.3 Å². The highest BCUT2D eigenvalue weighted by molar-refractivity contribution is 7.08. The van der Waals surface area contributed by atoms with Crippen molar-refractivity contribution in [2.75, 3.05) is 0 Å². The molecule has 10 nitrogen and oxygen atoms in total. The van der Waals surface area contributed by atoms with Gasteiger partial charge < -0.3 is 30.7 Å². The number of hydrogen-bond acceptors (Lipinski definition) is 10. The first-order valence-electron chi connectivity index (χ1n) is 18.9. The molecule has 6 N–H and O–H groups in total. The zero-order valence-corrected chi connectivity index (χ0v) is 35.3. The average Bonchev–Trinajstić information content (AvgIpc) is 3.97. The summed E-state index contributed by atoms with van der Waals surface area (Å²) in [6.45, 7) is 0. The number of halogens is 2. The average molecular weight is 883 g/mol. The normalized spacial score (nSPS) is 12.8. The predicted octanol–water partition coefficient (Wildman–Crippen LogP) is 7.00. The molecule has 0 fully saturated rings. The van der Waals surface area contributed by atoms with Crippen LogP contribution in [0.5, 0.6) is 0 Å². The molecule has 6 rings (SSSR count). The van der Waals surface area contributed by atoms with Crippen LogP contribution in [-0.2, 0) is 22.4 Å². The van der Waals surface area contributed by atoms with E-state index in [0.717, 1.165) is 11.1 Å². The highest BCUT2D eigenvalue weighted by atomic mass is 35.5. The highest BCUT2D eigenvalue weighted by Gasteiger charge is 2.33. The Bertz CT molecular complexity index is 2120. The number of hydrogen-bond donors (Lipinski definition) is 6. The van der Waals surface area contributed by atoms with Gasteiger partial charge in [0, 0.05) is 34.0 Å². The fourth-order valence-corrected chi connectivity index (χ4v) is 8.14. The molecule has 0 saturated heterocycles. The fraction of sp³-hybridized carbons (Fsp3) is 0.182. The largest absolute Gasteiger partial charge is 0.475 e. The Labute approximate surface area is 367 Å². The molecule has 0 bridgehead atoms. The van der Waals surface area contributed by atoms with Gasteiger partial charge in [0.25, 0.3) is 0 Å². The molecule has 0 unspecified atom stereocenters. The van der Waals surface area contributed by atoms with E-state index in [4.69, 9.17) is 23.2 Å². The molecule has 2 heterocycles. The minimum Gasteiger partial charge on any atom is -0.426 e. The van der Waals surface area contributed by atoms with Gasteiger partial charge in [0.1, 0.15) is 0 Å². The van der Waals surface area contributed by atoms with Gasteiger partial charge in [0.15, 0.2) is 11.6 Å². The molecule has 16 heteroatoms. The summed E-state index contributed by atoms with van der Waals surface area (Å²) in [6.07, 6.45) is 0.398. The monoisotopic (exact) mass is 882 g/mol. The van der Waals surface area contributed by atoms with Crippen molar-refractivity contribution in [2.45, 2.75) is 49.4 Å². The molecule has 60 heavy (non-hydrogen) atoms. The van der Waals surface area contributed by atoms with Gasteiger partial charge in [-0.2, -0.15) is 22.7 Å². The number of nitrogens with one attached hydrogen (secondary N) is 2. The van der Waals surface area contributed by atoms with Crippen LogP contribution in [0.25, 0.3) is 0 Å². The molecular weight excluding hydrogens is 841 g/mol. The van der Waals surface area contributed by atoms with E-state index in [-0.39, 0.29) is 37.2 Å². The molecule has 308 valence electrons. The summed E-state index contributed by atoms with van der Waals surface area (Å²) in [5.41, 5.74) is 3.97. The van der Waals surface area contributed by atoms with Crippen molar-refractivity contribution in [1.82, 2.24) is 10.6 Å². The fourth-order valence-electron chi connectivity index (χ4n) is 6.38. The van der Waals surface area contributed by atoms with Crippen molar-refractivity contribution in [1.29, 1.82) is 0 Å². The maximum absolute atomic E-state index is 13.1. The van der Waals surface area contributed by atoms with Crippen molar-refractivity contribution in [2.24, 2.45) is 0 Å². The lowest BCUT2D eigenvalue weighted by molar-refractivity contribution is -0.123. The first-order valence-corrected chi connectivity index (χ1v) is 21.5. The van der Waals surface area contributed by atoms with Crippen LogP contribution in [0, 0.1) is 0 Å². The quantitative estimate of drug-likeness (QED) is 0.0396. The number of amides is 2. The Hall–Kier alpha value is -4.89. The maximum Gasteiger partial charge on any atom is 0.475 e. The number of Topliss-reactive ketones (excluding diaryl/α,β-unsaturated/α-hetero) is 2. The predicted molar refractivity (Wildman–Crippen MR) is 239 cm³/mol. The highest BCUT2D eigenvalue weighted by Crippen LogP contribution is 2.27. The SMILES string of the molecule is O=C(C[C@@H](C(=O)N[C@@H](Cc1ccsc1)B(O)O)c1cccc(Cl)c1)c1ccccc1.O=C(C[C@H](C(=O)N[C@@H](Cc1ccsc1)B(O)O)c1cccc(Cl)c1)c1ccccc1. The number of benzene rings is 4. The second kappa shape index (κ2) is 23.2. The maximum atomic E-state index is 13.1. The molecule has 2 aromatic heterocycles. The van der Waals surface area contributed by atoms with E-state index in [0.29, 0.717) is 32.3 Å². The zero-order chi connectivity index (χ0) is 43.0. The minimum absolute atomic E-state index is 0.0666. The van der Waals surface area contributed by atoms with Crippen LogP contribution in [0.4, 0.5) is 0 Å². The Morgan fingerprint density at radius 1 is 0.533 bits per heavy atom.